The fourth-order valence-electron chi connectivity index (χ4n) is 3.80. The average molecular weight is 433 g/mol. The Morgan fingerprint density at radius 2 is 2.07 bits per heavy atom. The normalized spacial score (nSPS) is 19.8. The van der Waals surface area contributed by atoms with Gasteiger partial charge in [0.2, 0.25) is 11.8 Å². The Bertz CT molecular complexity index is 935. The summed E-state index contributed by atoms with van der Waals surface area (Å²) in [5, 5.41) is 0.404. The largest absolute Gasteiger partial charge is 0.463 e. The third-order valence-electron chi connectivity index (χ3n) is 5.57. The van der Waals surface area contributed by atoms with E-state index in [2.05, 4.69) is 4.98 Å². The van der Waals surface area contributed by atoms with Crippen molar-refractivity contribution in [2.75, 3.05) is 39.9 Å². The second-order valence-corrected chi connectivity index (χ2v) is 8.58. The van der Waals surface area contributed by atoms with Crippen LogP contribution in [-0.2, 0) is 14.3 Å². The molecule has 2 aliphatic heterocycles. The molecule has 2 amide bonds. The number of likely N-dealkylation sites (N-methyl/N-ethyl adjacent to an activating group) is 1. The third kappa shape index (κ3) is 4.03. The van der Waals surface area contributed by atoms with E-state index in [9.17, 15) is 14.4 Å². The molecule has 4 rings (SSSR count). The van der Waals surface area contributed by atoms with Gasteiger partial charge in [-0.1, -0.05) is 0 Å². The van der Waals surface area contributed by atoms with E-state index >= 15 is 0 Å². The Morgan fingerprint density at radius 1 is 1.30 bits per heavy atom. The molecule has 2 aromatic rings. The molecule has 2 aromatic heterocycles. The minimum absolute atomic E-state index is 0.0221. The number of ether oxygens (including phenoxy) is 1. The van der Waals surface area contributed by atoms with Crippen LogP contribution >= 0.6 is 11.3 Å². The number of hydrogen-bond acceptors (Lipinski definition) is 8. The second kappa shape index (κ2) is 8.66. The van der Waals surface area contributed by atoms with Gasteiger partial charge >= 0.3 is 0 Å². The lowest BCUT2D eigenvalue weighted by Crippen LogP contribution is -2.52. The summed E-state index contributed by atoms with van der Waals surface area (Å²) in [5.41, 5.74) is 6.13. The highest BCUT2D eigenvalue weighted by atomic mass is 32.1. The third-order valence-corrected chi connectivity index (χ3v) is 6.69. The molecule has 0 saturated carbocycles. The molecular formula is C20H24N4O5S. The van der Waals surface area contributed by atoms with Crippen molar-refractivity contribution < 1.29 is 23.5 Å². The highest BCUT2D eigenvalue weighted by molar-refractivity contribution is 7.14. The van der Waals surface area contributed by atoms with Gasteiger partial charge in [0.1, 0.15) is 21.6 Å². The lowest BCUT2D eigenvalue weighted by Gasteiger charge is -2.35. The minimum Gasteiger partial charge on any atom is -0.463 e. The van der Waals surface area contributed by atoms with Crippen LogP contribution in [0.4, 0.5) is 0 Å². The van der Waals surface area contributed by atoms with Gasteiger partial charge in [-0.15, -0.1) is 11.3 Å². The molecule has 1 unspecified atom stereocenters. The molecular weight excluding hydrogens is 408 g/mol. The van der Waals surface area contributed by atoms with Crippen LogP contribution < -0.4 is 5.73 Å². The molecule has 4 heterocycles. The zero-order valence-corrected chi connectivity index (χ0v) is 17.5. The first-order valence-electron chi connectivity index (χ1n) is 9.89. The molecule has 160 valence electrons. The van der Waals surface area contributed by atoms with Gasteiger partial charge < -0.3 is 19.8 Å². The molecule has 30 heavy (non-hydrogen) atoms. The molecule has 2 N–H and O–H groups in total. The molecule has 0 bridgehead atoms. The number of carbonyl (C=O) groups is 3. The van der Waals surface area contributed by atoms with Crippen molar-refractivity contribution in [3.05, 3.63) is 28.3 Å². The number of ketones is 1. The predicted molar refractivity (Wildman–Crippen MR) is 109 cm³/mol. The van der Waals surface area contributed by atoms with Gasteiger partial charge in [-0.05, 0) is 25.0 Å². The van der Waals surface area contributed by atoms with Crippen molar-refractivity contribution in [1.29, 1.82) is 0 Å². The molecule has 1 atom stereocenters. The van der Waals surface area contributed by atoms with Crippen LogP contribution in [0.15, 0.2) is 22.8 Å². The summed E-state index contributed by atoms with van der Waals surface area (Å²) in [4.78, 5) is 46.2. The van der Waals surface area contributed by atoms with E-state index in [0.29, 0.717) is 60.5 Å². The van der Waals surface area contributed by atoms with Crippen LogP contribution in [0.1, 0.15) is 33.6 Å². The number of primary amides is 1. The molecule has 0 aliphatic carbocycles. The van der Waals surface area contributed by atoms with Crippen LogP contribution in [-0.4, -0.2) is 72.3 Å². The molecule has 0 radical (unpaired) electrons. The van der Waals surface area contributed by atoms with Crippen molar-refractivity contribution >= 4 is 28.9 Å². The Balaban J connectivity index is 1.71. The summed E-state index contributed by atoms with van der Waals surface area (Å²) in [5.74, 6) is -0.402. The van der Waals surface area contributed by atoms with Gasteiger partial charge in [0.25, 0.3) is 0 Å². The number of carbonyl (C=O) groups excluding carboxylic acids is 3. The molecule has 0 aromatic carbocycles. The Hall–Kier alpha value is -2.56. The summed E-state index contributed by atoms with van der Waals surface area (Å²) in [6, 6.07) is 2.58. The zero-order valence-electron chi connectivity index (χ0n) is 16.7. The quantitative estimate of drug-likeness (QED) is 0.684. The topological polar surface area (TPSA) is 119 Å². The minimum atomic E-state index is -0.877. The van der Waals surface area contributed by atoms with Gasteiger partial charge in [0, 0.05) is 39.3 Å². The predicted octanol–water partition coefficient (Wildman–Crippen LogP) is 1.31. The maximum absolute atomic E-state index is 13.3. The van der Waals surface area contributed by atoms with E-state index in [-0.39, 0.29) is 24.2 Å². The summed E-state index contributed by atoms with van der Waals surface area (Å²) >= 11 is 1.16. The van der Waals surface area contributed by atoms with Gasteiger partial charge in [0.05, 0.1) is 12.8 Å². The number of rotatable bonds is 6. The number of Topliss-reactive ketones (excluding diaryl/α,β-unsaturated/α-hetero) is 1. The molecule has 10 heteroatoms. The number of furan rings is 1. The summed E-state index contributed by atoms with van der Waals surface area (Å²) in [6.07, 6.45) is 2.81. The molecule has 2 aliphatic rings. The number of amides is 2. The second-order valence-electron chi connectivity index (χ2n) is 7.55. The SMILES string of the molecule is CN1CCN(C(C(N)=O)c2nc(-c3ccco3)c(C(=O)C3CCOCC3)s2)CC1=O. The van der Waals surface area contributed by atoms with Crippen molar-refractivity contribution in [2.24, 2.45) is 11.7 Å². The maximum atomic E-state index is 13.3. The number of hydrogen-bond donors (Lipinski definition) is 1. The summed E-state index contributed by atoms with van der Waals surface area (Å²) in [6.45, 7) is 2.15. The van der Waals surface area contributed by atoms with E-state index in [1.165, 1.54) is 6.26 Å². The van der Waals surface area contributed by atoms with Gasteiger partial charge in [-0.25, -0.2) is 4.98 Å². The maximum Gasteiger partial charge on any atom is 0.241 e. The van der Waals surface area contributed by atoms with Crippen molar-refractivity contribution in [3.8, 4) is 11.5 Å². The highest BCUT2D eigenvalue weighted by Gasteiger charge is 2.36. The summed E-state index contributed by atoms with van der Waals surface area (Å²) in [7, 11) is 1.72. The molecule has 2 saturated heterocycles. The van der Waals surface area contributed by atoms with Crippen LogP contribution in [0.3, 0.4) is 0 Å². The van der Waals surface area contributed by atoms with Crippen molar-refractivity contribution in [3.63, 3.8) is 0 Å². The number of aromatic nitrogens is 1. The van der Waals surface area contributed by atoms with Crippen LogP contribution in [0, 0.1) is 5.92 Å². The van der Waals surface area contributed by atoms with Gasteiger partial charge in [0.15, 0.2) is 11.5 Å². The number of thiazole rings is 1. The van der Waals surface area contributed by atoms with E-state index in [1.54, 1.807) is 29.0 Å². The van der Waals surface area contributed by atoms with Crippen LogP contribution in [0.5, 0.6) is 0 Å². The Kier molecular flexibility index (Phi) is 5.98. The standard InChI is InChI=1S/C20H24N4O5S/c1-23-6-7-24(11-14(23)25)16(19(21)27)20-22-15(13-3-2-8-29-13)18(30-20)17(26)12-4-9-28-10-5-12/h2-3,8,12,16H,4-7,9-11H2,1H3,(H2,21,27). The molecule has 2 fully saturated rings. The zero-order chi connectivity index (χ0) is 21.3. The highest BCUT2D eigenvalue weighted by Crippen LogP contribution is 2.36. The van der Waals surface area contributed by atoms with Crippen molar-refractivity contribution in [1.82, 2.24) is 14.8 Å². The Morgan fingerprint density at radius 3 is 2.70 bits per heavy atom. The summed E-state index contributed by atoms with van der Waals surface area (Å²) < 4.78 is 10.9. The van der Waals surface area contributed by atoms with Crippen molar-refractivity contribution in [2.45, 2.75) is 18.9 Å². The number of nitrogens with zero attached hydrogens (tertiary/aromatic N) is 3. The van der Waals surface area contributed by atoms with Gasteiger partial charge in [-0.2, -0.15) is 0 Å². The van der Waals surface area contributed by atoms with Crippen LogP contribution in [0.25, 0.3) is 11.5 Å². The fourth-order valence-corrected chi connectivity index (χ4v) is 5.03. The fraction of sp³-hybridized carbons (Fsp3) is 0.500. The average Bonchev–Trinajstić information content (AvgIpc) is 3.41. The molecule has 0 spiro atoms. The monoisotopic (exact) mass is 432 g/mol. The van der Waals surface area contributed by atoms with E-state index in [0.717, 1.165) is 11.3 Å². The number of nitrogens with two attached hydrogens (primary N) is 1. The lowest BCUT2D eigenvalue weighted by atomic mass is 9.94. The van der Waals surface area contributed by atoms with E-state index in [4.69, 9.17) is 14.9 Å². The molecule has 9 nitrogen and oxygen atoms in total. The first kappa shape index (κ1) is 20.7. The lowest BCUT2D eigenvalue weighted by molar-refractivity contribution is -0.137. The van der Waals surface area contributed by atoms with E-state index < -0.39 is 11.9 Å². The first-order chi connectivity index (χ1) is 14.5. The number of piperazine rings is 1. The van der Waals surface area contributed by atoms with E-state index in [1.807, 2.05) is 0 Å². The smallest absolute Gasteiger partial charge is 0.241 e. The van der Waals surface area contributed by atoms with Crippen LogP contribution in [0.2, 0.25) is 0 Å². The van der Waals surface area contributed by atoms with Gasteiger partial charge in [-0.3, -0.25) is 19.3 Å². The Labute approximate surface area is 177 Å². The first-order valence-corrected chi connectivity index (χ1v) is 10.7.